The van der Waals surface area contributed by atoms with Gasteiger partial charge in [-0.15, -0.1) is 0 Å². The summed E-state index contributed by atoms with van der Waals surface area (Å²) >= 11 is 2.85. The predicted molar refractivity (Wildman–Crippen MR) is 66.1 cm³/mol. The van der Waals surface area contributed by atoms with Crippen molar-refractivity contribution in [2.75, 3.05) is 0 Å². The molecule has 0 amide bonds. The van der Waals surface area contributed by atoms with Crippen molar-refractivity contribution in [2.45, 2.75) is 13.8 Å². The molecule has 1 heterocycles. The van der Waals surface area contributed by atoms with Crippen molar-refractivity contribution < 1.29 is 0 Å². The van der Waals surface area contributed by atoms with Crippen molar-refractivity contribution in [1.29, 1.82) is 0 Å². The number of hydrogen-bond donors (Lipinski definition) is 0. The Morgan fingerprint density at radius 2 is 1.93 bits per heavy atom. The van der Waals surface area contributed by atoms with Gasteiger partial charge in [-0.2, -0.15) is 0 Å². The zero-order valence-electron chi connectivity index (χ0n) is 8.37. The first-order valence-electron chi connectivity index (χ1n) is 4.60. The molecule has 0 aliphatic carbocycles. The fourth-order valence-corrected chi connectivity index (χ4v) is 4.05. The quantitative estimate of drug-likeness (QED) is 0.651. The second-order valence-corrected chi connectivity index (χ2v) is 6.03. The molecule has 0 aliphatic heterocycles. The molecule has 1 aromatic carbocycles. The van der Waals surface area contributed by atoms with E-state index in [1.54, 1.807) is 0 Å². The van der Waals surface area contributed by atoms with Gasteiger partial charge < -0.3 is 0 Å². The SMILES string of the molecule is Cc1ccc(C)c2sc(/C=[CH]/[Tl])cc12. The van der Waals surface area contributed by atoms with Gasteiger partial charge in [0.1, 0.15) is 0 Å². The second-order valence-electron chi connectivity index (χ2n) is 3.45. The first kappa shape index (κ1) is 10.4. The first-order valence-corrected chi connectivity index (χ1v) is 8.01. The van der Waals surface area contributed by atoms with Gasteiger partial charge in [-0.1, -0.05) is 0 Å². The summed E-state index contributed by atoms with van der Waals surface area (Å²) in [6.45, 7) is 4.37. The normalized spacial score (nSPS) is 11.5. The van der Waals surface area contributed by atoms with E-state index in [1.807, 2.05) is 11.3 Å². The average molecular weight is 392 g/mol. The molecular weight excluding hydrogens is 381 g/mol. The maximum absolute atomic E-state index is 2.31. The Morgan fingerprint density at radius 3 is 2.57 bits per heavy atom. The summed E-state index contributed by atoms with van der Waals surface area (Å²) in [4.78, 5) is 1.39. The molecule has 68 valence electrons. The van der Waals surface area contributed by atoms with Gasteiger partial charge in [0.15, 0.2) is 0 Å². The zero-order valence-corrected chi connectivity index (χ0v) is 13.7. The zero-order chi connectivity index (χ0) is 10.1. The van der Waals surface area contributed by atoms with Gasteiger partial charge in [-0.05, 0) is 0 Å². The third kappa shape index (κ3) is 1.80. The van der Waals surface area contributed by atoms with Crippen molar-refractivity contribution in [3.8, 4) is 0 Å². The van der Waals surface area contributed by atoms with E-state index in [4.69, 9.17) is 0 Å². The van der Waals surface area contributed by atoms with Gasteiger partial charge in [-0.25, -0.2) is 0 Å². The summed E-state index contributed by atoms with van der Waals surface area (Å²) in [7, 11) is 0. The number of aryl methyl sites for hydroxylation is 2. The molecule has 2 heteroatoms. The number of benzene rings is 1. The fraction of sp³-hybridized carbons (Fsp3) is 0.167. The van der Waals surface area contributed by atoms with Crippen LogP contribution >= 0.6 is 11.3 Å². The molecule has 0 bridgehead atoms. The third-order valence-electron chi connectivity index (χ3n) is 2.38. The van der Waals surface area contributed by atoms with Crippen molar-refractivity contribution in [3.05, 3.63) is 37.8 Å². The van der Waals surface area contributed by atoms with Gasteiger partial charge in [0.25, 0.3) is 0 Å². The van der Waals surface area contributed by atoms with Crippen LogP contribution in [0.4, 0.5) is 0 Å². The number of hydrogen-bond acceptors (Lipinski definition) is 1. The molecule has 0 saturated heterocycles. The Bertz CT molecular complexity index is 455. The molecule has 1 aromatic heterocycles. The fourth-order valence-electron chi connectivity index (χ4n) is 1.59. The van der Waals surface area contributed by atoms with E-state index in [-0.39, 0.29) is 0 Å². The Hall–Kier alpha value is -0.158. The molecule has 0 spiro atoms. The van der Waals surface area contributed by atoms with Crippen LogP contribution in [0.1, 0.15) is 16.0 Å². The van der Waals surface area contributed by atoms with Crippen molar-refractivity contribution in [3.63, 3.8) is 0 Å². The summed E-state index contributed by atoms with van der Waals surface area (Å²) in [6, 6.07) is 6.73. The second kappa shape index (κ2) is 4.15. The molecule has 0 fully saturated rings. The third-order valence-corrected chi connectivity index (χ3v) is 4.36. The molecule has 0 atom stereocenters. The molecule has 14 heavy (non-hydrogen) atoms. The summed E-state index contributed by atoms with van der Waals surface area (Å²) < 4.78 is 3.71. The van der Waals surface area contributed by atoms with Crippen LogP contribution in [0.15, 0.2) is 21.8 Å². The number of thiophene rings is 1. The van der Waals surface area contributed by atoms with Crippen LogP contribution in [0, 0.1) is 13.8 Å². The molecular formula is C12H11STl. The summed E-state index contributed by atoms with van der Waals surface area (Å²) in [5.41, 5.74) is 2.78. The van der Waals surface area contributed by atoms with E-state index in [0.717, 1.165) is 25.8 Å². The standard InChI is InChI=1S/C12H11S.Tl/c1-4-10-7-11-8(2)5-6-9(3)12(11)13-10;/h1,4-7H,2-3H3;. The molecule has 2 rings (SSSR count). The van der Waals surface area contributed by atoms with E-state index >= 15 is 0 Å². The Morgan fingerprint density at radius 1 is 1.21 bits per heavy atom. The van der Waals surface area contributed by atoms with E-state index in [0.29, 0.717) is 0 Å². The van der Waals surface area contributed by atoms with Crippen LogP contribution in [0.2, 0.25) is 0 Å². The summed E-state index contributed by atoms with van der Waals surface area (Å²) in [5.74, 6) is 0. The Kier molecular flexibility index (Phi) is 3.07. The van der Waals surface area contributed by atoms with E-state index in [1.165, 1.54) is 26.1 Å². The average Bonchev–Trinajstić information content (AvgIpc) is 2.57. The van der Waals surface area contributed by atoms with E-state index in [9.17, 15) is 0 Å². The number of fused-ring (bicyclic) bond motifs is 1. The minimum absolute atomic E-state index is 0.951. The molecule has 2 aromatic rings. The van der Waals surface area contributed by atoms with Crippen molar-refractivity contribution in [2.24, 2.45) is 0 Å². The van der Waals surface area contributed by atoms with Crippen LogP contribution < -0.4 is 0 Å². The monoisotopic (exact) mass is 392 g/mol. The molecule has 0 unspecified atom stereocenters. The maximum atomic E-state index is 2.31. The molecule has 0 radical (unpaired) electrons. The topological polar surface area (TPSA) is 0 Å². The molecule has 0 aliphatic rings. The van der Waals surface area contributed by atoms with Gasteiger partial charge in [-0.3, -0.25) is 0 Å². The molecule has 0 nitrogen and oxygen atoms in total. The van der Waals surface area contributed by atoms with Gasteiger partial charge >= 0.3 is 105 Å². The van der Waals surface area contributed by atoms with Crippen LogP contribution in [0.5, 0.6) is 0 Å². The van der Waals surface area contributed by atoms with Crippen LogP contribution in [-0.2, 0) is 0 Å². The van der Waals surface area contributed by atoms with E-state index < -0.39 is 0 Å². The van der Waals surface area contributed by atoms with Gasteiger partial charge in [0.05, 0.1) is 0 Å². The van der Waals surface area contributed by atoms with Crippen molar-refractivity contribution >= 4 is 53.3 Å². The number of rotatable bonds is 1. The Labute approximate surface area is 104 Å². The predicted octanol–water partition coefficient (Wildman–Crippen LogP) is 3.66. The van der Waals surface area contributed by atoms with Crippen molar-refractivity contribution in [1.82, 2.24) is 0 Å². The minimum atomic E-state index is 0.951. The molecule has 0 N–H and O–H groups in total. The van der Waals surface area contributed by atoms with E-state index in [2.05, 4.69) is 41.8 Å². The van der Waals surface area contributed by atoms with Gasteiger partial charge in [0, 0.05) is 0 Å². The Balaban J connectivity index is 2.75. The van der Waals surface area contributed by atoms with Gasteiger partial charge in [0.2, 0.25) is 0 Å². The van der Waals surface area contributed by atoms with Crippen LogP contribution in [0.25, 0.3) is 16.2 Å². The summed E-state index contributed by atoms with van der Waals surface area (Å²) in [6.07, 6.45) is 2.24. The van der Waals surface area contributed by atoms with Crippen LogP contribution in [0.3, 0.4) is 0 Å². The molecule has 0 saturated carbocycles. The first-order chi connectivity index (χ1) is 6.72. The van der Waals surface area contributed by atoms with Crippen LogP contribution in [-0.4, -0.2) is 25.8 Å². The summed E-state index contributed by atoms with van der Waals surface area (Å²) in [5, 5.41) is 1.42.